The Labute approximate surface area is 139 Å². The first-order chi connectivity index (χ1) is 10.3. The van der Waals surface area contributed by atoms with Crippen molar-refractivity contribution in [2.24, 2.45) is 0 Å². The van der Waals surface area contributed by atoms with Crippen molar-refractivity contribution in [1.82, 2.24) is 9.88 Å². The Balaban J connectivity index is 0.00000176. The third-order valence-corrected chi connectivity index (χ3v) is 4.65. The molecule has 1 aromatic heterocycles. The molecular weight excluding hydrogens is 296 g/mol. The van der Waals surface area contributed by atoms with Crippen molar-refractivity contribution < 1.29 is 4.74 Å². The van der Waals surface area contributed by atoms with Crippen LogP contribution in [0.3, 0.4) is 0 Å². The van der Waals surface area contributed by atoms with Gasteiger partial charge in [0.25, 0.3) is 0 Å². The summed E-state index contributed by atoms with van der Waals surface area (Å²) in [6.45, 7) is 6.93. The summed E-state index contributed by atoms with van der Waals surface area (Å²) in [5.74, 6) is 1.04. The van der Waals surface area contributed by atoms with Gasteiger partial charge in [0.05, 0.1) is 7.11 Å². The molecule has 0 fully saturated rings. The zero-order chi connectivity index (χ0) is 14.8. The molecule has 0 aliphatic heterocycles. The van der Waals surface area contributed by atoms with Gasteiger partial charge in [0.15, 0.2) is 0 Å². The van der Waals surface area contributed by atoms with E-state index in [1.165, 1.54) is 48.0 Å². The van der Waals surface area contributed by atoms with E-state index in [0.717, 1.165) is 18.6 Å². The molecule has 1 atom stereocenters. The lowest BCUT2D eigenvalue weighted by Gasteiger charge is -2.34. The van der Waals surface area contributed by atoms with Gasteiger partial charge in [0.2, 0.25) is 0 Å². The standard InChI is InChI=1S/C18H26N2O.ClH/c1-4-8-20(9-5-2)14-10-13-12-19-16-6-7-17(21-3)15(11-14)18(13)16;/h6-7,12,14,19H,4-5,8-11H2,1-3H3;1H. The highest BCUT2D eigenvalue weighted by molar-refractivity contribution is 5.89. The van der Waals surface area contributed by atoms with Crippen LogP contribution in [0.15, 0.2) is 18.3 Å². The molecule has 1 aliphatic rings. The van der Waals surface area contributed by atoms with Crippen molar-refractivity contribution in [3.05, 3.63) is 29.5 Å². The smallest absolute Gasteiger partial charge is 0.122 e. The molecule has 0 saturated carbocycles. The first-order valence-electron chi connectivity index (χ1n) is 8.18. The minimum atomic E-state index is 0. The van der Waals surface area contributed by atoms with Crippen LogP contribution in [-0.2, 0) is 12.8 Å². The molecule has 0 bridgehead atoms. The normalized spacial score (nSPS) is 16.8. The third-order valence-electron chi connectivity index (χ3n) is 4.65. The minimum absolute atomic E-state index is 0. The van der Waals surface area contributed by atoms with E-state index < -0.39 is 0 Å². The Morgan fingerprint density at radius 2 is 1.91 bits per heavy atom. The van der Waals surface area contributed by atoms with Crippen molar-refractivity contribution >= 4 is 23.3 Å². The molecular formula is C18H27ClN2O. The van der Waals surface area contributed by atoms with E-state index in [0.29, 0.717) is 6.04 Å². The highest BCUT2D eigenvalue weighted by atomic mass is 35.5. The fourth-order valence-electron chi connectivity index (χ4n) is 3.78. The summed E-state index contributed by atoms with van der Waals surface area (Å²) in [5.41, 5.74) is 4.09. The topological polar surface area (TPSA) is 28.3 Å². The number of benzene rings is 1. The van der Waals surface area contributed by atoms with Crippen molar-refractivity contribution in [3.8, 4) is 5.75 Å². The minimum Gasteiger partial charge on any atom is -0.496 e. The second kappa shape index (κ2) is 7.38. The maximum atomic E-state index is 5.62. The van der Waals surface area contributed by atoms with Crippen LogP contribution in [0.25, 0.3) is 10.9 Å². The highest BCUT2D eigenvalue weighted by Gasteiger charge is 2.27. The van der Waals surface area contributed by atoms with Gasteiger partial charge in [-0.05, 0) is 56.5 Å². The van der Waals surface area contributed by atoms with Gasteiger partial charge in [-0.15, -0.1) is 12.4 Å². The average Bonchev–Trinajstić information content (AvgIpc) is 2.92. The molecule has 4 heteroatoms. The van der Waals surface area contributed by atoms with Gasteiger partial charge in [-0.3, -0.25) is 4.90 Å². The number of H-pyrrole nitrogens is 1. The van der Waals surface area contributed by atoms with Gasteiger partial charge < -0.3 is 9.72 Å². The van der Waals surface area contributed by atoms with Crippen LogP contribution in [0.5, 0.6) is 5.75 Å². The zero-order valence-corrected chi connectivity index (χ0v) is 14.6. The van der Waals surface area contributed by atoms with E-state index >= 15 is 0 Å². The highest BCUT2D eigenvalue weighted by Crippen LogP contribution is 2.36. The number of rotatable bonds is 6. The Kier molecular flexibility index (Phi) is 5.76. The Bertz CT molecular complexity index is 617. The maximum absolute atomic E-state index is 5.62. The van der Waals surface area contributed by atoms with E-state index in [1.54, 1.807) is 7.11 Å². The summed E-state index contributed by atoms with van der Waals surface area (Å²) in [5, 5.41) is 1.40. The molecule has 1 N–H and O–H groups in total. The molecule has 122 valence electrons. The summed E-state index contributed by atoms with van der Waals surface area (Å²) in [4.78, 5) is 6.08. The molecule has 3 rings (SSSR count). The number of nitrogens with one attached hydrogen (secondary N) is 1. The summed E-state index contributed by atoms with van der Waals surface area (Å²) in [6.07, 6.45) is 6.89. The third kappa shape index (κ3) is 2.97. The summed E-state index contributed by atoms with van der Waals surface area (Å²) >= 11 is 0. The molecule has 0 spiro atoms. The van der Waals surface area contributed by atoms with Gasteiger partial charge in [0, 0.05) is 28.7 Å². The summed E-state index contributed by atoms with van der Waals surface area (Å²) in [6, 6.07) is 4.84. The molecule has 0 radical (unpaired) electrons. The predicted octanol–water partition coefficient (Wildman–Crippen LogP) is 4.19. The van der Waals surface area contributed by atoms with E-state index in [1.807, 2.05) is 0 Å². The molecule has 3 nitrogen and oxygen atoms in total. The van der Waals surface area contributed by atoms with Crippen LogP contribution >= 0.6 is 12.4 Å². The van der Waals surface area contributed by atoms with Crippen LogP contribution in [0, 0.1) is 0 Å². The van der Waals surface area contributed by atoms with Crippen LogP contribution < -0.4 is 4.74 Å². The lowest BCUT2D eigenvalue weighted by molar-refractivity contribution is 0.191. The lowest BCUT2D eigenvalue weighted by atomic mass is 9.87. The molecule has 1 aliphatic carbocycles. The number of aromatic amines is 1. The summed E-state index contributed by atoms with van der Waals surface area (Å²) in [7, 11) is 1.78. The molecule has 0 saturated heterocycles. The number of hydrogen-bond acceptors (Lipinski definition) is 2. The van der Waals surface area contributed by atoms with E-state index in [9.17, 15) is 0 Å². The van der Waals surface area contributed by atoms with E-state index in [4.69, 9.17) is 4.74 Å². The summed E-state index contributed by atoms with van der Waals surface area (Å²) < 4.78 is 5.62. The number of aromatic nitrogens is 1. The number of ether oxygens (including phenoxy) is 1. The first kappa shape index (κ1) is 17.2. The molecule has 1 unspecified atom stereocenters. The van der Waals surface area contributed by atoms with E-state index in [2.05, 4.69) is 42.1 Å². The first-order valence-corrected chi connectivity index (χ1v) is 8.18. The van der Waals surface area contributed by atoms with Crippen molar-refractivity contribution in [3.63, 3.8) is 0 Å². The van der Waals surface area contributed by atoms with Crippen LogP contribution in [0.1, 0.15) is 37.8 Å². The van der Waals surface area contributed by atoms with E-state index in [-0.39, 0.29) is 12.4 Å². The van der Waals surface area contributed by atoms with Gasteiger partial charge in [-0.25, -0.2) is 0 Å². The zero-order valence-electron chi connectivity index (χ0n) is 13.8. The SMILES string of the molecule is CCCN(CCC)C1Cc2c[nH]c3ccc(OC)c(c23)C1.Cl. The number of halogens is 1. The monoisotopic (exact) mass is 322 g/mol. The Morgan fingerprint density at radius 3 is 2.55 bits per heavy atom. The van der Waals surface area contributed by atoms with Gasteiger partial charge in [-0.1, -0.05) is 13.8 Å². The van der Waals surface area contributed by atoms with Gasteiger partial charge in [0.1, 0.15) is 5.75 Å². The van der Waals surface area contributed by atoms with Crippen LogP contribution in [0.2, 0.25) is 0 Å². The van der Waals surface area contributed by atoms with Crippen molar-refractivity contribution in [2.45, 2.75) is 45.6 Å². The number of methoxy groups -OCH3 is 1. The van der Waals surface area contributed by atoms with Crippen molar-refractivity contribution in [2.75, 3.05) is 20.2 Å². The number of nitrogens with zero attached hydrogens (tertiary/aromatic N) is 1. The maximum Gasteiger partial charge on any atom is 0.122 e. The van der Waals surface area contributed by atoms with Crippen LogP contribution in [-0.4, -0.2) is 36.1 Å². The second-order valence-electron chi connectivity index (χ2n) is 6.08. The fraction of sp³-hybridized carbons (Fsp3) is 0.556. The average molecular weight is 323 g/mol. The molecule has 0 amide bonds. The van der Waals surface area contributed by atoms with Crippen molar-refractivity contribution in [1.29, 1.82) is 0 Å². The lowest BCUT2D eigenvalue weighted by Crippen LogP contribution is -2.41. The largest absolute Gasteiger partial charge is 0.496 e. The quantitative estimate of drug-likeness (QED) is 0.863. The Hall–Kier alpha value is -1.19. The molecule has 1 heterocycles. The Morgan fingerprint density at radius 1 is 1.18 bits per heavy atom. The molecule has 2 aromatic rings. The van der Waals surface area contributed by atoms with Gasteiger partial charge >= 0.3 is 0 Å². The number of hydrogen-bond donors (Lipinski definition) is 1. The second-order valence-corrected chi connectivity index (χ2v) is 6.08. The molecule has 1 aromatic carbocycles. The fourth-order valence-corrected chi connectivity index (χ4v) is 3.78. The van der Waals surface area contributed by atoms with Crippen LogP contribution in [0.4, 0.5) is 0 Å². The van der Waals surface area contributed by atoms with Gasteiger partial charge in [-0.2, -0.15) is 0 Å². The molecule has 22 heavy (non-hydrogen) atoms. The predicted molar refractivity (Wildman–Crippen MR) is 95.4 cm³/mol.